The number of nitrogens with one attached hydrogen (secondary N) is 1. The molecule has 1 N–H and O–H groups in total. The summed E-state index contributed by atoms with van der Waals surface area (Å²) in [6, 6.07) is 1.58. The highest BCUT2D eigenvalue weighted by molar-refractivity contribution is 6.41. The van der Waals surface area contributed by atoms with Crippen molar-refractivity contribution >= 4 is 29.1 Å². The Morgan fingerprint density at radius 3 is 2.64 bits per heavy atom. The Labute approximate surface area is 92.4 Å². The maximum absolute atomic E-state index is 11.5. The summed E-state index contributed by atoms with van der Waals surface area (Å²) in [5.74, 6) is -0.203. The topological polar surface area (TPSA) is 42.0 Å². The molecule has 0 spiro atoms. The number of hydrogen-bond donors (Lipinski definition) is 1. The second-order valence-corrected chi connectivity index (χ2v) is 3.89. The highest BCUT2D eigenvalue weighted by Gasteiger charge is 2.09. The van der Waals surface area contributed by atoms with Crippen LogP contribution in [0.5, 0.6) is 0 Å². The van der Waals surface area contributed by atoms with Gasteiger partial charge < -0.3 is 5.32 Å². The third-order valence-corrected chi connectivity index (χ3v) is 2.16. The molecular weight excluding hydrogens is 223 g/mol. The van der Waals surface area contributed by atoms with Crippen LogP contribution in [0.4, 0.5) is 0 Å². The molecule has 0 aliphatic rings. The maximum atomic E-state index is 11.5. The first-order valence-electron chi connectivity index (χ1n) is 4.12. The van der Waals surface area contributed by atoms with Crippen molar-refractivity contribution in [1.29, 1.82) is 0 Å². The molecule has 0 aliphatic carbocycles. The van der Waals surface area contributed by atoms with E-state index in [4.69, 9.17) is 23.2 Å². The molecule has 3 nitrogen and oxygen atoms in total. The molecule has 1 heterocycles. The Balaban J connectivity index is 2.86. The smallest absolute Gasteiger partial charge is 0.253 e. The molecule has 1 aromatic heterocycles. The summed E-state index contributed by atoms with van der Waals surface area (Å²) in [6.07, 6.45) is 1.39. The molecule has 0 fully saturated rings. The van der Waals surface area contributed by atoms with Crippen molar-refractivity contribution in [2.24, 2.45) is 0 Å². The first-order chi connectivity index (χ1) is 6.50. The van der Waals surface area contributed by atoms with Crippen LogP contribution < -0.4 is 5.32 Å². The van der Waals surface area contributed by atoms with Gasteiger partial charge in [-0.25, -0.2) is 4.98 Å². The summed E-state index contributed by atoms with van der Waals surface area (Å²) < 4.78 is 0. The average molecular weight is 233 g/mol. The highest BCUT2D eigenvalue weighted by atomic mass is 35.5. The van der Waals surface area contributed by atoms with Gasteiger partial charge in [-0.05, 0) is 19.9 Å². The molecule has 14 heavy (non-hydrogen) atoms. The van der Waals surface area contributed by atoms with E-state index < -0.39 is 0 Å². The number of carbonyl (C=O) groups excluding carboxylic acids is 1. The van der Waals surface area contributed by atoms with Gasteiger partial charge in [0.1, 0.15) is 5.15 Å². The SMILES string of the molecule is CC(C)NC(=O)c1cnc(Cl)c(Cl)c1. The normalized spacial score (nSPS) is 10.4. The third-order valence-electron chi connectivity index (χ3n) is 1.48. The Morgan fingerprint density at radius 1 is 1.50 bits per heavy atom. The van der Waals surface area contributed by atoms with Gasteiger partial charge in [-0.1, -0.05) is 23.2 Å². The summed E-state index contributed by atoms with van der Waals surface area (Å²) in [5.41, 5.74) is 0.410. The lowest BCUT2D eigenvalue weighted by Gasteiger charge is -2.08. The summed E-state index contributed by atoms with van der Waals surface area (Å²) in [6.45, 7) is 3.76. The van der Waals surface area contributed by atoms with E-state index in [1.807, 2.05) is 13.8 Å². The van der Waals surface area contributed by atoms with Crippen molar-refractivity contribution in [3.8, 4) is 0 Å². The number of halogens is 2. The first kappa shape index (κ1) is 11.3. The standard InChI is InChI=1S/C9H10Cl2N2O/c1-5(2)13-9(14)6-3-7(10)8(11)12-4-6/h3-5H,1-2H3,(H,13,14). The predicted molar refractivity (Wildman–Crippen MR) is 56.9 cm³/mol. The van der Waals surface area contributed by atoms with Crippen LogP contribution in [-0.4, -0.2) is 16.9 Å². The van der Waals surface area contributed by atoms with Gasteiger partial charge >= 0.3 is 0 Å². The highest BCUT2D eigenvalue weighted by Crippen LogP contribution is 2.19. The Kier molecular flexibility index (Phi) is 3.72. The van der Waals surface area contributed by atoms with Crippen LogP contribution in [0.15, 0.2) is 12.3 Å². The van der Waals surface area contributed by atoms with Gasteiger partial charge in [-0.15, -0.1) is 0 Å². The van der Waals surface area contributed by atoms with E-state index in [0.29, 0.717) is 5.56 Å². The van der Waals surface area contributed by atoms with Crippen molar-refractivity contribution in [2.75, 3.05) is 0 Å². The summed E-state index contributed by atoms with van der Waals surface area (Å²) in [4.78, 5) is 15.2. The molecular formula is C9H10Cl2N2O. The fourth-order valence-corrected chi connectivity index (χ4v) is 1.16. The van der Waals surface area contributed by atoms with E-state index in [1.54, 1.807) is 0 Å². The Morgan fingerprint density at radius 2 is 2.14 bits per heavy atom. The quantitative estimate of drug-likeness (QED) is 0.797. The molecule has 0 bridgehead atoms. The van der Waals surface area contributed by atoms with Crippen molar-refractivity contribution < 1.29 is 4.79 Å². The number of nitrogens with zero attached hydrogens (tertiary/aromatic N) is 1. The second kappa shape index (κ2) is 4.62. The number of amides is 1. The molecule has 0 unspecified atom stereocenters. The van der Waals surface area contributed by atoms with E-state index in [9.17, 15) is 4.79 Å². The van der Waals surface area contributed by atoms with Gasteiger partial charge in [0.15, 0.2) is 0 Å². The van der Waals surface area contributed by atoms with Crippen molar-refractivity contribution in [1.82, 2.24) is 10.3 Å². The Hall–Kier alpha value is -0.800. The zero-order valence-electron chi connectivity index (χ0n) is 7.84. The molecule has 0 saturated carbocycles. The molecule has 0 aliphatic heterocycles. The van der Waals surface area contributed by atoms with E-state index in [-0.39, 0.29) is 22.1 Å². The van der Waals surface area contributed by atoms with E-state index in [1.165, 1.54) is 12.3 Å². The third kappa shape index (κ3) is 2.86. The molecule has 0 aromatic carbocycles. The van der Waals surface area contributed by atoms with Crippen molar-refractivity contribution in [3.05, 3.63) is 28.0 Å². The van der Waals surface area contributed by atoms with Crippen LogP contribution in [0.1, 0.15) is 24.2 Å². The van der Waals surface area contributed by atoms with Gasteiger partial charge in [0.2, 0.25) is 0 Å². The zero-order valence-corrected chi connectivity index (χ0v) is 9.36. The van der Waals surface area contributed by atoms with Gasteiger partial charge in [-0.2, -0.15) is 0 Å². The lowest BCUT2D eigenvalue weighted by molar-refractivity contribution is 0.0943. The van der Waals surface area contributed by atoms with Crippen LogP contribution in [0.2, 0.25) is 10.2 Å². The number of rotatable bonds is 2. The molecule has 1 amide bonds. The van der Waals surface area contributed by atoms with Crippen LogP contribution in [0, 0.1) is 0 Å². The molecule has 0 atom stereocenters. The maximum Gasteiger partial charge on any atom is 0.253 e. The summed E-state index contributed by atoms with van der Waals surface area (Å²) in [5, 5.41) is 3.21. The molecule has 0 saturated heterocycles. The molecule has 1 aromatic rings. The van der Waals surface area contributed by atoms with E-state index >= 15 is 0 Å². The lowest BCUT2D eigenvalue weighted by atomic mass is 10.2. The number of pyridine rings is 1. The number of hydrogen-bond acceptors (Lipinski definition) is 2. The van der Waals surface area contributed by atoms with Gasteiger partial charge in [-0.3, -0.25) is 4.79 Å². The van der Waals surface area contributed by atoms with Crippen LogP contribution in [-0.2, 0) is 0 Å². The second-order valence-electron chi connectivity index (χ2n) is 3.12. The van der Waals surface area contributed by atoms with Gasteiger partial charge in [0, 0.05) is 12.2 Å². The van der Waals surface area contributed by atoms with Gasteiger partial charge in [0.05, 0.1) is 10.6 Å². The number of aromatic nitrogens is 1. The summed E-state index contributed by atoms with van der Waals surface area (Å²) in [7, 11) is 0. The van der Waals surface area contributed by atoms with Crippen LogP contribution >= 0.6 is 23.2 Å². The lowest BCUT2D eigenvalue weighted by Crippen LogP contribution is -2.30. The molecule has 1 rings (SSSR count). The molecule has 0 radical (unpaired) electrons. The van der Waals surface area contributed by atoms with Crippen molar-refractivity contribution in [3.63, 3.8) is 0 Å². The van der Waals surface area contributed by atoms with Crippen LogP contribution in [0.25, 0.3) is 0 Å². The fraction of sp³-hybridized carbons (Fsp3) is 0.333. The molecule has 5 heteroatoms. The van der Waals surface area contributed by atoms with Crippen molar-refractivity contribution in [2.45, 2.75) is 19.9 Å². The minimum Gasteiger partial charge on any atom is -0.350 e. The zero-order chi connectivity index (χ0) is 10.7. The monoisotopic (exact) mass is 232 g/mol. The number of carbonyl (C=O) groups is 1. The van der Waals surface area contributed by atoms with E-state index in [0.717, 1.165) is 0 Å². The van der Waals surface area contributed by atoms with Crippen LogP contribution in [0.3, 0.4) is 0 Å². The van der Waals surface area contributed by atoms with E-state index in [2.05, 4.69) is 10.3 Å². The Bertz CT molecular complexity index is 353. The minimum absolute atomic E-state index is 0.0805. The largest absolute Gasteiger partial charge is 0.350 e. The molecule has 76 valence electrons. The first-order valence-corrected chi connectivity index (χ1v) is 4.88. The fourth-order valence-electron chi connectivity index (χ4n) is 0.891. The summed E-state index contributed by atoms with van der Waals surface area (Å²) >= 11 is 11.3. The average Bonchev–Trinajstić information content (AvgIpc) is 2.08. The predicted octanol–water partition coefficient (Wildman–Crippen LogP) is 2.53. The minimum atomic E-state index is -0.203. The van der Waals surface area contributed by atoms with Gasteiger partial charge in [0.25, 0.3) is 5.91 Å².